The summed E-state index contributed by atoms with van der Waals surface area (Å²) in [5.74, 6) is -0.158. The van der Waals surface area contributed by atoms with Crippen molar-refractivity contribution in [2.24, 2.45) is 5.41 Å². The standard InChI is InChI=1S/C19H25N3O2/c1-3-19(4-2,11-12-23)14-21-18(24)10-9-15-13-20-16-7-5-6-8-17(16)22-15/h5-10,13,23H,3-4,11-12,14H2,1-2H3,(H,21,24)/b10-9+. The van der Waals surface area contributed by atoms with Crippen LogP contribution >= 0.6 is 0 Å². The van der Waals surface area contributed by atoms with Crippen LogP contribution in [0.3, 0.4) is 0 Å². The minimum atomic E-state index is -0.158. The highest BCUT2D eigenvalue weighted by atomic mass is 16.3. The van der Waals surface area contributed by atoms with Gasteiger partial charge in [-0.1, -0.05) is 26.0 Å². The van der Waals surface area contributed by atoms with Crippen LogP contribution in [0, 0.1) is 5.41 Å². The lowest BCUT2D eigenvalue weighted by Gasteiger charge is -2.31. The van der Waals surface area contributed by atoms with Crippen molar-refractivity contribution < 1.29 is 9.90 Å². The Labute approximate surface area is 142 Å². The summed E-state index contributed by atoms with van der Waals surface area (Å²) in [5, 5.41) is 12.2. The fourth-order valence-corrected chi connectivity index (χ4v) is 2.73. The van der Waals surface area contributed by atoms with E-state index in [1.807, 2.05) is 24.3 Å². The molecule has 2 rings (SSSR count). The molecule has 0 bridgehead atoms. The summed E-state index contributed by atoms with van der Waals surface area (Å²) in [7, 11) is 0. The second kappa shape index (κ2) is 8.55. The van der Waals surface area contributed by atoms with Crippen LogP contribution in [0.1, 0.15) is 38.8 Å². The predicted octanol–water partition coefficient (Wildman–Crippen LogP) is 2.95. The van der Waals surface area contributed by atoms with Crippen molar-refractivity contribution in [2.45, 2.75) is 33.1 Å². The lowest BCUT2D eigenvalue weighted by Crippen LogP contribution is -2.37. The van der Waals surface area contributed by atoms with E-state index in [1.165, 1.54) is 6.08 Å². The molecule has 1 aromatic carbocycles. The maximum absolute atomic E-state index is 12.1. The average molecular weight is 327 g/mol. The monoisotopic (exact) mass is 327 g/mol. The van der Waals surface area contributed by atoms with Gasteiger partial charge in [-0.15, -0.1) is 0 Å². The van der Waals surface area contributed by atoms with Gasteiger partial charge in [-0.25, -0.2) is 4.98 Å². The minimum Gasteiger partial charge on any atom is -0.396 e. The van der Waals surface area contributed by atoms with Gasteiger partial charge in [0.2, 0.25) is 5.91 Å². The number of nitrogens with zero attached hydrogens (tertiary/aromatic N) is 2. The van der Waals surface area contributed by atoms with Gasteiger partial charge in [-0.05, 0) is 42.9 Å². The largest absolute Gasteiger partial charge is 0.396 e. The predicted molar refractivity (Wildman–Crippen MR) is 96.3 cm³/mol. The van der Waals surface area contributed by atoms with Crippen molar-refractivity contribution in [3.63, 3.8) is 0 Å². The summed E-state index contributed by atoms with van der Waals surface area (Å²) in [5.41, 5.74) is 2.25. The Kier molecular flexibility index (Phi) is 6.44. The van der Waals surface area contributed by atoms with E-state index in [-0.39, 0.29) is 17.9 Å². The Balaban J connectivity index is 1.98. The topological polar surface area (TPSA) is 75.1 Å². The number of hydrogen-bond acceptors (Lipinski definition) is 4. The summed E-state index contributed by atoms with van der Waals surface area (Å²) in [6.45, 7) is 4.88. The van der Waals surface area contributed by atoms with Crippen LogP contribution in [0.5, 0.6) is 0 Å². The third-order valence-electron chi connectivity index (χ3n) is 4.65. The van der Waals surface area contributed by atoms with Gasteiger partial charge in [0, 0.05) is 19.2 Å². The van der Waals surface area contributed by atoms with E-state index in [0.717, 1.165) is 23.9 Å². The van der Waals surface area contributed by atoms with Crippen molar-refractivity contribution in [2.75, 3.05) is 13.2 Å². The number of hydrogen-bond donors (Lipinski definition) is 2. The van der Waals surface area contributed by atoms with E-state index in [4.69, 9.17) is 0 Å². The number of benzene rings is 1. The molecule has 0 saturated heterocycles. The molecule has 0 spiro atoms. The minimum absolute atomic E-state index is 0.0407. The van der Waals surface area contributed by atoms with Crippen molar-refractivity contribution in [3.8, 4) is 0 Å². The zero-order valence-electron chi connectivity index (χ0n) is 14.3. The molecular formula is C19H25N3O2. The number of fused-ring (bicyclic) bond motifs is 1. The second-order valence-electron chi connectivity index (χ2n) is 6.02. The van der Waals surface area contributed by atoms with Gasteiger partial charge in [-0.2, -0.15) is 0 Å². The molecule has 5 heteroatoms. The molecule has 128 valence electrons. The Hall–Kier alpha value is -2.27. The molecule has 2 N–H and O–H groups in total. The van der Waals surface area contributed by atoms with Crippen LogP contribution in [0.4, 0.5) is 0 Å². The molecule has 1 heterocycles. The van der Waals surface area contributed by atoms with Crippen molar-refractivity contribution in [1.29, 1.82) is 0 Å². The summed E-state index contributed by atoms with van der Waals surface area (Å²) in [4.78, 5) is 20.8. The third kappa shape index (κ3) is 4.61. The van der Waals surface area contributed by atoms with Gasteiger partial charge in [0.05, 0.1) is 22.9 Å². The van der Waals surface area contributed by atoms with E-state index >= 15 is 0 Å². The SMILES string of the molecule is CCC(CC)(CCO)CNC(=O)/C=C/c1cnc2ccccc2n1. The van der Waals surface area contributed by atoms with Crippen LogP contribution in [-0.2, 0) is 4.79 Å². The molecule has 0 unspecified atom stereocenters. The molecule has 0 radical (unpaired) electrons. The second-order valence-corrected chi connectivity index (χ2v) is 6.02. The summed E-state index contributed by atoms with van der Waals surface area (Å²) < 4.78 is 0. The van der Waals surface area contributed by atoms with Crippen molar-refractivity contribution in [3.05, 3.63) is 42.2 Å². The fraction of sp³-hybridized carbons (Fsp3) is 0.421. The number of para-hydroxylation sites is 2. The maximum atomic E-state index is 12.1. The number of rotatable bonds is 8. The van der Waals surface area contributed by atoms with Gasteiger partial charge in [0.25, 0.3) is 0 Å². The first kappa shape index (κ1) is 18.1. The first-order valence-corrected chi connectivity index (χ1v) is 8.41. The highest BCUT2D eigenvalue weighted by Gasteiger charge is 2.25. The van der Waals surface area contributed by atoms with Crippen LogP contribution in [0.15, 0.2) is 36.5 Å². The first-order chi connectivity index (χ1) is 11.6. The Morgan fingerprint density at radius 2 is 1.96 bits per heavy atom. The number of carbonyl (C=O) groups is 1. The molecule has 0 fully saturated rings. The number of aromatic nitrogens is 2. The maximum Gasteiger partial charge on any atom is 0.244 e. The van der Waals surface area contributed by atoms with E-state index in [9.17, 15) is 9.90 Å². The molecule has 0 aliphatic heterocycles. The number of aliphatic hydroxyl groups excluding tert-OH is 1. The number of nitrogens with one attached hydrogen (secondary N) is 1. The molecule has 0 aliphatic rings. The normalized spacial score (nSPS) is 12.0. The van der Waals surface area contributed by atoms with E-state index in [1.54, 1.807) is 12.3 Å². The zero-order valence-corrected chi connectivity index (χ0v) is 14.3. The molecule has 0 atom stereocenters. The molecule has 24 heavy (non-hydrogen) atoms. The molecule has 5 nitrogen and oxygen atoms in total. The summed E-state index contributed by atoms with van der Waals surface area (Å²) in [6.07, 6.45) is 7.34. The Morgan fingerprint density at radius 1 is 1.25 bits per heavy atom. The van der Waals surface area contributed by atoms with Gasteiger partial charge < -0.3 is 10.4 Å². The smallest absolute Gasteiger partial charge is 0.244 e. The van der Waals surface area contributed by atoms with Gasteiger partial charge in [0.1, 0.15) is 0 Å². The fourth-order valence-electron chi connectivity index (χ4n) is 2.73. The quantitative estimate of drug-likeness (QED) is 0.731. The van der Waals surface area contributed by atoms with E-state index in [2.05, 4.69) is 29.1 Å². The highest BCUT2D eigenvalue weighted by molar-refractivity contribution is 5.91. The van der Waals surface area contributed by atoms with Gasteiger partial charge in [-0.3, -0.25) is 9.78 Å². The zero-order chi connectivity index (χ0) is 17.4. The van der Waals surface area contributed by atoms with Crippen LogP contribution in [-0.4, -0.2) is 34.1 Å². The summed E-state index contributed by atoms with van der Waals surface area (Å²) >= 11 is 0. The molecular weight excluding hydrogens is 302 g/mol. The molecule has 1 amide bonds. The Morgan fingerprint density at radius 3 is 2.62 bits per heavy atom. The van der Waals surface area contributed by atoms with Crippen LogP contribution in [0.25, 0.3) is 17.1 Å². The highest BCUT2D eigenvalue weighted by Crippen LogP contribution is 2.29. The molecule has 1 aromatic heterocycles. The van der Waals surface area contributed by atoms with E-state index in [0.29, 0.717) is 18.7 Å². The van der Waals surface area contributed by atoms with Crippen LogP contribution in [0.2, 0.25) is 0 Å². The number of carbonyl (C=O) groups excluding carboxylic acids is 1. The van der Waals surface area contributed by atoms with Crippen molar-refractivity contribution >= 4 is 23.0 Å². The molecule has 2 aromatic rings. The van der Waals surface area contributed by atoms with Gasteiger partial charge >= 0.3 is 0 Å². The average Bonchev–Trinajstić information content (AvgIpc) is 2.63. The number of amides is 1. The lowest BCUT2D eigenvalue weighted by atomic mass is 9.79. The lowest BCUT2D eigenvalue weighted by molar-refractivity contribution is -0.117. The third-order valence-corrected chi connectivity index (χ3v) is 4.65. The molecule has 0 aliphatic carbocycles. The van der Waals surface area contributed by atoms with E-state index < -0.39 is 0 Å². The number of aliphatic hydroxyl groups is 1. The van der Waals surface area contributed by atoms with Gasteiger partial charge in [0.15, 0.2) is 0 Å². The molecule has 0 saturated carbocycles. The Bertz CT molecular complexity index is 709. The summed E-state index contributed by atoms with van der Waals surface area (Å²) in [6, 6.07) is 7.62. The van der Waals surface area contributed by atoms with Crippen molar-refractivity contribution in [1.82, 2.24) is 15.3 Å². The first-order valence-electron chi connectivity index (χ1n) is 8.41. The van der Waals surface area contributed by atoms with Crippen LogP contribution < -0.4 is 5.32 Å².